The minimum atomic E-state index is -0.240. The van der Waals surface area contributed by atoms with Gasteiger partial charge in [-0.1, -0.05) is 0 Å². The molecule has 9 nitrogen and oxygen atoms in total. The van der Waals surface area contributed by atoms with Gasteiger partial charge in [0.2, 0.25) is 0 Å². The molecular formula is C24H28N6O3. The number of methoxy groups -OCH3 is 1. The highest BCUT2D eigenvalue weighted by Crippen LogP contribution is 2.31. The first-order chi connectivity index (χ1) is 15.9. The molecule has 1 fully saturated rings. The van der Waals surface area contributed by atoms with Crippen LogP contribution in [0.4, 0.5) is 0 Å². The molecule has 3 heterocycles. The lowest BCUT2D eigenvalue weighted by atomic mass is 9.96. The van der Waals surface area contributed by atoms with E-state index in [0.29, 0.717) is 47.4 Å². The number of benzene rings is 1. The fraction of sp³-hybridized carbons (Fsp3) is 0.375. The highest BCUT2D eigenvalue weighted by molar-refractivity contribution is 5.98. The summed E-state index contributed by atoms with van der Waals surface area (Å²) in [7, 11) is 3.20. The Bertz CT molecular complexity index is 1170. The second-order valence-corrected chi connectivity index (χ2v) is 8.16. The van der Waals surface area contributed by atoms with E-state index in [4.69, 9.17) is 9.72 Å². The van der Waals surface area contributed by atoms with E-state index in [0.717, 1.165) is 24.2 Å². The number of rotatable bonds is 5. The first kappa shape index (κ1) is 22.4. The summed E-state index contributed by atoms with van der Waals surface area (Å²) in [4.78, 5) is 44.1. The smallest absolute Gasteiger partial charge is 0.269 e. The first-order valence-corrected chi connectivity index (χ1v) is 11.0. The average molecular weight is 449 g/mol. The van der Waals surface area contributed by atoms with Crippen LogP contribution in [-0.2, 0) is 0 Å². The Morgan fingerprint density at radius 2 is 1.94 bits per heavy atom. The second kappa shape index (κ2) is 9.40. The molecule has 1 saturated heterocycles. The molecule has 0 unspecified atom stereocenters. The van der Waals surface area contributed by atoms with E-state index in [1.165, 1.54) is 0 Å². The minimum Gasteiger partial charge on any atom is -0.497 e. The maximum absolute atomic E-state index is 13.2. The summed E-state index contributed by atoms with van der Waals surface area (Å²) in [6.07, 6.45) is 3.31. The van der Waals surface area contributed by atoms with Crippen LogP contribution >= 0.6 is 0 Å². The van der Waals surface area contributed by atoms with Gasteiger partial charge in [-0.05, 0) is 51.0 Å². The number of piperidine rings is 1. The minimum absolute atomic E-state index is 0.00947. The Balaban J connectivity index is 1.62. The third-order valence-electron chi connectivity index (χ3n) is 5.97. The van der Waals surface area contributed by atoms with Crippen LogP contribution in [0.2, 0.25) is 0 Å². The molecule has 1 atom stereocenters. The zero-order chi connectivity index (χ0) is 23.5. The van der Waals surface area contributed by atoms with Crippen molar-refractivity contribution in [3.8, 4) is 17.0 Å². The van der Waals surface area contributed by atoms with Gasteiger partial charge in [0.05, 0.1) is 18.4 Å². The van der Waals surface area contributed by atoms with Gasteiger partial charge >= 0.3 is 0 Å². The molecule has 33 heavy (non-hydrogen) atoms. The molecule has 2 aromatic heterocycles. The molecule has 9 heteroatoms. The Morgan fingerprint density at radius 3 is 2.61 bits per heavy atom. The Kier molecular flexibility index (Phi) is 6.39. The van der Waals surface area contributed by atoms with E-state index < -0.39 is 0 Å². The number of imidazole rings is 1. The van der Waals surface area contributed by atoms with E-state index in [1.54, 1.807) is 27.3 Å². The van der Waals surface area contributed by atoms with Crippen LogP contribution < -0.4 is 10.1 Å². The molecule has 172 valence electrons. The van der Waals surface area contributed by atoms with Crippen molar-refractivity contribution in [2.24, 2.45) is 0 Å². The van der Waals surface area contributed by atoms with Crippen LogP contribution in [0.3, 0.4) is 0 Å². The van der Waals surface area contributed by atoms with Gasteiger partial charge in [-0.2, -0.15) is 0 Å². The van der Waals surface area contributed by atoms with E-state index in [1.807, 2.05) is 36.1 Å². The van der Waals surface area contributed by atoms with Gasteiger partial charge in [0, 0.05) is 37.8 Å². The zero-order valence-electron chi connectivity index (χ0n) is 19.3. The molecule has 1 aliphatic rings. The molecule has 2 amide bonds. The van der Waals surface area contributed by atoms with Crippen molar-refractivity contribution < 1.29 is 14.3 Å². The van der Waals surface area contributed by atoms with E-state index in [9.17, 15) is 9.59 Å². The number of hydrogen-bond donors (Lipinski definition) is 2. The van der Waals surface area contributed by atoms with Crippen LogP contribution in [0.15, 0.2) is 30.5 Å². The number of ether oxygens (including phenoxy) is 1. The van der Waals surface area contributed by atoms with Crippen LogP contribution in [0.1, 0.15) is 56.9 Å². The topological polar surface area (TPSA) is 113 Å². The molecule has 4 rings (SSSR count). The van der Waals surface area contributed by atoms with Crippen molar-refractivity contribution in [3.05, 3.63) is 59.1 Å². The fourth-order valence-electron chi connectivity index (χ4n) is 4.18. The van der Waals surface area contributed by atoms with Crippen molar-refractivity contribution in [1.82, 2.24) is 30.2 Å². The van der Waals surface area contributed by atoms with Crippen LogP contribution in [-0.4, -0.2) is 63.9 Å². The Hall–Kier alpha value is -3.75. The maximum atomic E-state index is 13.2. The van der Waals surface area contributed by atoms with Gasteiger partial charge in [0.25, 0.3) is 11.8 Å². The number of aromatic nitrogens is 4. The number of nitrogens with one attached hydrogen (secondary N) is 2. The summed E-state index contributed by atoms with van der Waals surface area (Å²) in [6, 6.07) is 7.43. The number of carbonyl (C=O) groups is 2. The molecule has 0 aliphatic carbocycles. The van der Waals surface area contributed by atoms with Crippen molar-refractivity contribution in [1.29, 1.82) is 0 Å². The van der Waals surface area contributed by atoms with Crippen molar-refractivity contribution in [3.63, 3.8) is 0 Å². The second-order valence-electron chi connectivity index (χ2n) is 8.16. The predicted molar refractivity (Wildman–Crippen MR) is 123 cm³/mol. The number of aryl methyl sites for hydroxylation is 2. The SMILES string of the molecule is CNC(=O)c1[nH]c([C@@H]2CCCN(C(=O)c3cnc(C)nc3C)C2)nc1-c1ccc(OC)cc1. The number of hydrogen-bond acceptors (Lipinski definition) is 6. The summed E-state index contributed by atoms with van der Waals surface area (Å²) in [5.74, 6) is 1.75. The lowest BCUT2D eigenvalue weighted by molar-refractivity contribution is 0.0702. The Labute approximate surface area is 192 Å². The third-order valence-corrected chi connectivity index (χ3v) is 5.97. The molecule has 0 spiro atoms. The van der Waals surface area contributed by atoms with Gasteiger partial charge in [0.1, 0.15) is 28.8 Å². The standard InChI is InChI=1S/C24H28N6O3/c1-14-19(12-26-15(2)27-14)24(32)30-11-5-6-17(13-30)22-28-20(21(29-22)23(31)25-3)16-7-9-18(33-4)10-8-16/h7-10,12,17H,5-6,11,13H2,1-4H3,(H,25,31)(H,28,29)/t17-/m1/s1. The van der Waals surface area contributed by atoms with Crippen molar-refractivity contribution >= 4 is 11.8 Å². The van der Waals surface area contributed by atoms with E-state index in [-0.39, 0.29) is 17.7 Å². The number of nitrogens with zero attached hydrogens (tertiary/aromatic N) is 4. The van der Waals surface area contributed by atoms with Gasteiger partial charge in [-0.3, -0.25) is 9.59 Å². The summed E-state index contributed by atoms with van der Waals surface area (Å²) in [5, 5.41) is 2.68. The van der Waals surface area contributed by atoms with Crippen molar-refractivity contribution in [2.75, 3.05) is 27.2 Å². The predicted octanol–water partition coefficient (Wildman–Crippen LogP) is 2.87. The molecule has 0 radical (unpaired) electrons. The van der Waals surface area contributed by atoms with Gasteiger partial charge in [0.15, 0.2) is 0 Å². The highest BCUT2D eigenvalue weighted by atomic mass is 16.5. The van der Waals surface area contributed by atoms with Crippen LogP contribution in [0.5, 0.6) is 5.75 Å². The van der Waals surface area contributed by atoms with Gasteiger partial charge in [-0.25, -0.2) is 15.0 Å². The largest absolute Gasteiger partial charge is 0.497 e. The summed E-state index contributed by atoms with van der Waals surface area (Å²) >= 11 is 0. The molecular weight excluding hydrogens is 420 g/mol. The quantitative estimate of drug-likeness (QED) is 0.621. The lowest BCUT2D eigenvalue weighted by Crippen LogP contribution is -2.39. The van der Waals surface area contributed by atoms with Gasteiger partial charge in [-0.15, -0.1) is 0 Å². The molecule has 1 aromatic carbocycles. The lowest BCUT2D eigenvalue weighted by Gasteiger charge is -2.32. The third kappa shape index (κ3) is 4.57. The zero-order valence-corrected chi connectivity index (χ0v) is 19.3. The van der Waals surface area contributed by atoms with E-state index in [2.05, 4.69) is 20.3 Å². The number of carbonyl (C=O) groups excluding carboxylic acids is 2. The fourth-order valence-corrected chi connectivity index (χ4v) is 4.18. The highest BCUT2D eigenvalue weighted by Gasteiger charge is 2.30. The molecule has 0 saturated carbocycles. The number of aromatic amines is 1. The monoisotopic (exact) mass is 448 g/mol. The number of likely N-dealkylation sites (tertiary alicyclic amines) is 1. The number of amides is 2. The summed E-state index contributed by atoms with van der Waals surface area (Å²) < 4.78 is 5.24. The van der Waals surface area contributed by atoms with Crippen LogP contribution in [0, 0.1) is 13.8 Å². The Morgan fingerprint density at radius 1 is 1.18 bits per heavy atom. The molecule has 0 bridgehead atoms. The number of H-pyrrole nitrogens is 1. The average Bonchev–Trinajstić information content (AvgIpc) is 3.29. The summed E-state index contributed by atoms with van der Waals surface area (Å²) in [6.45, 7) is 4.80. The molecule has 1 aliphatic heterocycles. The molecule has 2 N–H and O–H groups in total. The maximum Gasteiger partial charge on any atom is 0.269 e. The normalized spacial score (nSPS) is 15.9. The first-order valence-electron chi connectivity index (χ1n) is 11.0. The van der Waals surface area contributed by atoms with Crippen LogP contribution in [0.25, 0.3) is 11.3 Å². The van der Waals surface area contributed by atoms with Crippen molar-refractivity contribution in [2.45, 2.75) is 32.6 Å². The molecule has 3 aromatic rings. The van der Waals surface area contributed by atoms with E-state index >= 15 is 0 Å². The van der Waals surface area contributed by atoms with Gasteiger partial charge < -0.3 is 19.9 Å². The summed E-state index contributed by atoms with van der Waals surface area (Å²) in [5.41, 5.74) is 3.00.